The van der Waals surface area contributed by atoms with E-state index in [0.717, 1.165) is 30.2 Å². The first-order valence-corrected chi connectivity index (χ1v) is 7.56. The topological polar surface area (TPSA) is 71.2 Å². The maximum atomic E-state index is 12.0. The van der Waals surface area contributed by atoms with Crippen LogP contribution in [-0.2, 0) is 11.2 Å². The normalized spacial score (nSPS) is 13.5. The van der Waals surface area contributed by atoms with Crippen LogP contribution in [0.15, 0.2) is 42.6 Å². The van der Waals surface area contributed by atoms with Crippen molar-refractivity contribution in [1.82, 2.24) is 4.98 Å². The van der Waals surface area contributed by atoms with Crippen LogP contribution >= 0.6 is 12.4 Å². The largest absolute Gasteiger partial charge is 0.399 e. The number of nitrogens with zero attached hydrogens (tertiary/aromatic N) is 2. The summed E-state index contributed by atoms with van der Waals surface area (Å²) in [5, 5.41) is 2.87. The molecule has 0 bridgehead atoms. The van der Waals surface area contributed by atoms with Crippen molar-refractivity contribution in [3.05, 3.63) is 48.2 Å². The van der Waals surface area contributed by atoms with E-state index in [4.69, 9.17) is 5.73 Å². The lowest BCUT2D eigenvalue weighted by Crippen LogP contribution is -2.19. The van der Waals surface area contributed by atoms with Gasteiger partial charge in [0, 0.05) is 18.8 Å². The maximum Gasteiger partial charge on any atom is 0.228 e. The molecule has 1 aliphatic rings. The number of nitrogens with two attached hydrogens (primary N) is 1. The number of carbonyl (C=O) groups is 1. The van der Waals surface area contributed by atoms with E-state index in [0.29, 0.717) is 12.1 Å². The molecule has 122 valence electrons. The third kappa shape index (κ3) is 4.60. The smallest absolute Gasteiger partial charge is 0.228 e. The number of hydrogen-bond acceptors (Lipinski definition) is 4. The Balaban J connectivity index is 0.00000192. The van der Waals surface area contributed by atoms with Crippen LogP contribution in [0.2, 0.25) is 0 Å². The van der Waals surface area contributed by atoms with Crippen molar-refractivity contribution in [2.45, 2.75) is 19.3 Å². The van der Waals surface area contributed by atoms with Crippen molar-refractivity contribution in [2.24, 2.45) is 0 Å². The average molecular weight is 333 g/mol. The fourth-order valence-electron chi connectivity index (χ4n) is 2.69. The number of rotatable bonds is 4. The van der Waals surface area contributed by atoms with Crippen molar-refractivity contribution in [1.29, 1.82) is 0 Å². The van der Waals surface area contributed by atoms with Crippen LogP contribution in [0.1, 0.15) is 18.4 Å². The third-order valence-corrected chi connectivity index (χ3v) is 3.78. The van der Waals surface area contributed by atoms with Crippen molar-refractivity contribution in [3.63, 3.8) is 0 Å². The summed E-state index contributed by atoms with van der Waals surface area (Å²) >= 11 is 0. The molecule has 3 N–H and O–H groups in total. The van der Waals surface area contributed by atoms with Crippen molar-refractivity contribution in [2.75, 3.05) is 29.0 Å². The molecule has 3 rings (SSSR count). The Bertz CT molecular complexity index is 654. The molecular weight excluding hydrogens is 312 g/mol. The Kier molecular flexibility index (Phi) is 5.82. The SMILES string of the molecule is Cl.Nc1cccc(CC(=O)Nc2ccc(N3CCCC3)nc2)c1. The van der Waals surface area contributed by atoms with Gasteiger partial charge >= 0.3 is 0 Å². The Labute approximate surface area is 142 Å². The van der Waals surface area contributed by atoms with Crippen LogP contribution in [0.4, 0.5) is 17.2 Å². The van der Waals surface area contributed by atoms with Gasteiger partial charge in [-0.2, -0.15) is 0 Å². The Hall–Kier alpha value is -2.27. The van der Waals surface area contributed by atoms with Crippen molar-refractivity contribution >= 4 is 35.5 Å². The van der Waals surface area contributed by atoms with E-state index in [1.165, 1.54) is 12.8 Å². The van der Waals surface area contributed by atoms with Crippen LogP contribution < -0.4 is 16.0 Å². The van der Waals surface area contributed by atoms with E-state index in [1.807, 2.05) is 36.4 Å². The van der Waals surface area contributed by atoms with Gasteiger partial charge < -0.3 is 16.0 Å². The lowest BCUT2D eigenvalue weighted by molar-refractivity contribution is -0.115. The number of hydrogen-bond donors (Lipinski definition) is 2. The molecule has 1 fully saturated rings. The number of amides is 1. The minimum Gasteiger partial charge on any atom is -0.399 e. The average Bonchev–Trinajstić information content (AvgIpc) is 3.02. The fraction of sp³-hybridized carbons (Fsp3) is 0.294. The molecule has 1 amide bonds. The van der Waals surface area contributed by atoms with Crippen molar-refractivity contribution in [3.8, 4) is 0 Å². The number of nitrogen functional groups attached to an aromatic ring is 1. The molecule has 0 spiro atoms. The molecule has 1 aromatic carbocycles. The molecule has 0 radical (unpaired) electrons. The van der Waals surface area contributed by atoms with E-state index in [-0.39, 0.29) is 18.3 Å². The standard InChI is InChI=1S/C17H20N4O.ClH/c18-14-5-3-4-13(10-14)11-17(22)20-15-6-7-16(19-12-15)21-8-1-2-9-21;/h3-7,10,12H,1-2,8-9,11,18H2,(H,20,22);1H. The lowest BCUT2D eigenvalue weighted by Gasteiger charge is -2.16. The molecule has 5 nitrogen and oxygen atoms in total. The van der Waals surface area contributed by atoms with Gasteiger partial charge in [0.05, 0.1) is 18.3 Å². The second-order valence-electron chi connectivity index (χ2n) is 5.57. The van der Waals surface area contributed by atoms with Crippen LogP contribution in [-0.4, -0.2) is 24.0 Å². The van der Waals surface area contributed by atoms with E-state index in [2.05, 4.69) is 15.2 Å². The molecule has 2 aromatic rings. The van der Waals surface area contributed by atoms with E-state index >= 15 is 0 Å². The maximum absolute atomic E-state index is 12.0. The zero-order chi connectivity index (χ0) is 15.4. The summed E-state index contributed by atoms with van der Waals surface area (Å²) in [5.41, 5.74) is 8.01. The summed E-state index contributed by atoms with van der Waals surface area (Å²) in [4.78, 5) is 18.7. The minimum atomic E-state index is -0.0682. The second-order valence-corrected chi connectivity index (χ2v) is 5.57. The van der Waals surface area contributed by atoms with Crippen LogP contribution in [0, 0.1) is 0 Å². The van der Waals surface area contributed by atoms with Gasteiger partial charge in [-0.1, -0.05) is 12.1 Å². The number of aromatic nitrogens is 1. The molecule has 0 unspecified atom stereocenters. The lowest BCUT2D eigenvalue weighted by atomic mass is 10.1. The van der Waals surface area contributed by atoms with Crippen LogP contribution in [0.3, 0.4) is 0 Å². The summed E-state index contributed by atoms with van der Waals surface area (Å²) in [5.74, 6) is 0.910. The highest BCUT2D eigenvalue weighted by atomic mass is 35.5. The van der Waals surface area contributed by atoms with E-state index < -0.39 is 0 Å². The van der Waals surface area contributed by atoms with Gasteiger partial charge in [0.1, 0.15) is 5.82 Å². The first-order valence-electron chi connectivity index (χ1n) is 7.56. The van der Waals surface area contributed by atoms with E-state index in [9.17, 15) is 4.79 Å². The molecule has 1 aliphatic heterocycles. The number of anilines is 3. The van der Waals surface area contributed by atoms with E-state index in [1.54, 1.807) is 6.20 Å². The highest BCUT2D eigenvalue weighted by Crippen LogP contribution is 2.19. The fourth-order valence-corrected chi connectivity index (χ4v) is 2.69. The summed E-state index contributed by atoms with van der Waals surface area (Å²) in [6.45, 7) is 2.13. The Morgan fingerprint density at radius 2 is 2.00 bits per heavy atom. The van der Waals surface area contributed by atoms with Gasteiger partial charge in [-0.15, -0.1) is 12.4 Å². The van der Waals surface area contributed by atoms with Crippen LogP contribution in [0.5, 0.6) is 0 Å². The highest BCUT2D eigenvalue weighted by molar-refractivity contribution is 5.92. The van der Waals surface area contributed by atoms with Gasteiger partial charge in [-0.3, -0.25) is 4.79 Å². The molecule has 0 aliphatic carbocycles. The molecule has 0 atom stereocenters. The number of carbonyl (C=O) groups excluding carboxylic acids is 1. The first-order chi connectivity index (χ1) is 10.7. The summed E-state index contributed by atoms with van der Waals surface area (Å²) in [6, 6.07) is 11.2. The number of halogens is 1. The highest BCUT2D eigenvalue weighted by Gasteiger charge is 2.13. The van der Waals surface area contributed by atoms with Crippen LogP contribution in [0.25, 0.3) is 0 Å². The van der Waals surface area contributed by atoms with Gasteiger partial charge in [-0.05, 0) is 42.7 Å². The third-order valence-electron chi connectivity index (χ3n) is 3.78. The van der Waals surface area contributed by atoms with Gasteiger partial charge in [0.2, 0.25) is 5.91 Å². The predicted octanol–water partition coefficient (Wildman–Crippen LogP) is 2.87. The first kappa shape index (κ1) is 17.1. The number of pyridine rings is 1. The molecule has 1 saturated heterocycles. The zero-order valence-electron chi connectivity index (χ0n) is 12.9. The number of nitrogens with one attached hydrogen (secondary N) is 1. The van der Waals surface area contributed by atoms with Crippen molar-refractivity contribution < 1.29 is 4.79 Å². The molecule has 0 saturated carbocycles. The summed E-state index contributed by atoms with van der Waals surface area (Å²) < 4.78 is 0. The molecule has 23 heavy (non-hydrogen) atoms. The summed E-state index contributed by atoms with van der Waals surface area (Å²) in [6.07, 6.45) is 4.46. The second kappa shape index (κ2) is 7.83. The number of benzene rings is 1. The Morgan fingerprint density at radius 1 is 1.22 bits per heavy atom. The Morgan fingerprint density at radius 3 is 2.65 bits per heavy atom. The van der Waals surface area contributed by atoms with Gasteiger partial charge in [0.25, 0.3) is 0 Å². The van der Waals surface area contributed by atoms with Gasteiger partial charge in [0.15, 0.2) is 0 Å². The van der Waals surface area contributed by atoms with Gasteiger partial charge in [-0.25, -0.2) is 4.98 Å². The zero-order valence-corrected chi connectivity index (χ0v) is 13.7. The molecule has 1 aromatic heterocycles. The minimum absolute atomic E-state index is 0. The monoisotopic (exact) mass is 332 g/mol. The quantitative estimate of drug-likeness (QED) is 0.844. The summed E-state index contributed by atoms with van der Waals surface area (Å²) in [7, 11) is 0. The molecular formula is C17H21ClN4O. The predicted molar refractivity (Wildman–Crippen MR) is 96.1 cm³/mol. The molecule has 2 heterocycles. The molecule has 6 heteroatoms.